The van der Waals surface area contributed by atoms with E-state index in [1.807, 2.05) is 25.1 Å². The second kappa shape index (κ2) is 8.62. The molecule has 1 aromatic heterocycles. The zero-order valence-electron chi connectivity index (χ0n) is 16.6. The Hall–Kier alpha value is -4.26. The molecule has 154 valence electrons. The van der Waals surface area contributed by atoms with Crippen molar-refractivity contribution in [2.75, 3.05) is 10.6 Å². The molecular weight excluding hydrogens is 397 g/mol. The van der Waals surface area contributed by atoms with Crippen LogP contribution in [-0.4, -0.2) is 16.8 Å². The molecule has 0 aliphatic carbocycles. The summed E-state index contributed by atoms with van der Waals surface area (Å²) in [4.78, 5) is 29.8. The van der Waals surface area contributed by atoms with Crippen LogP contribution in [0.4, 0.5) is 15.8 Å². The van der Waals surface area contributed by atoms with E-state index in [1.54, 1.807) is 36.4 Å². The maximum absolute atomic E-state index is 13.5. The molecule has 0 saturated carbocycles. The number of hydrogen-bond acceptors (Lipinski definition) is 4. The fourth-order valence-corrected chi connectivity index (χ4v) is 3.14. The number of anilines is 2. The summed E-state index contributed by atoms with van der Waals surface area (Å²) in [6.07, 6.45) is 1.16. The highest BCUT2D eigenvalue weighted by atomic mass is 19.1. The van der Waals surface area contributed by atoms with Gasteiger partial charge in [-0.2, -0.15) is 0 Å². The monoisotopic (exact) mass is 415 g/mol. The van der Waals surface area contributed by atoms with Crippen LogP contribution in [0.2, 0.25) is 0 Å². The van der Waals surface area contributed by atoms with Crippen molar-refractivity contribution < 1.29 is 18.4 Å². The number of nitrogens with zero attached hydrogens (tertiary/aromatic N) is 1. The van der Waals surface area contributed by atoms with Crippen LogP contribution in [0.5, 0.6) is 0 Å². The van der Waals surface area contributed by atoms with Gasteiger partial charge in [0.25, 0.3) is 11.8 Å². The molecule has 7 heteroatoms. The first kappa shape index (κ1) is 20.0. The summed E-state index contributed by atoms with van der Waals surface area (Å²) in [6, 6.07) is 19.6. The standard InChI is InChI=1S/C24H18FN3O3/c1-15-7-2-5-12-20(15)28-24(30)21-22(31-14-26-21)18-10-3-4-11-19(18)23(29)27-17-9-6-8-16(25)13-17/h2-14H,1H3,(H,27,29)(H,28,30). The van der Waals surface area contributed by atoms with Crippen LogP contribution in [0, 0.1) is 12.7 Å². The van der Waals surface area contributed by atoms with Crippen molar-refractivity contribution in [1.29, 1.82) is 0 Å². The van der Waals surface area contributed by atoms with E-state index < -0.39 is 17.6 Å². The van der Waals surface area contributed by atoms with Crippen molar-refractivity contribution in [3.8, 4) is 11.3 Å². The lowest BCUT2D eigenvalue weighted by Crippen LogP contribution is -2.16. The molecule has 3 aromatic carbocycles. The van der Waals surface area contributed by atoms with Gasteiger partial charge in [0, 0.05) is 16.9 Å². The Balaban J connectivity index is 1.65. The molecule has 0 bridgehead atoms. The van der Waals surface area contributed by atoms with E-state index in [0.29, 0.717) is 16.9 Å². The highest BCUT2D eigenvalue weighted by Gasteiger charge is 2.23. The minimum absolute atomic E-state index is 0.0502. The molecule has 2 N–H and O–H groups in total. The third-order valence-electron chi connectivity index (χ3n) is 4.67. The van der Waals surface area contributed by atoms with Crippen molar-refractivity contribution in [1.82, 2.24) is 4.98 Å². The van der Waals surface area contributed by atoms with Gasteiger partial charge in [-0.3, -0.25) is 9.59 Å². The van der Waals surface area contributed by atoms with Gasteiger partial charge in [-0.05, 0) is 42.8 Å². The Morgan fingerprint density at radius 3 is 2.48 bits per heavy atom. The highest BCUT2D eigenvalue weighted by molar-refractivity contribution is 6.11. The number of rotatable bonds is 5. The fourth-order valence-electron chi connectivity index (χ4n) is 3.14. The lowest BCUT2D eigenvalue weighted by molar-refractivity contribution is 0.101. The van der Waals surface area contributed by atoms with Crippen molar-refractivity contribution in [2.24, 2.45) is 0 Å². The summed E-state index contributed by atoms with van der Waals surface area (Å²) in [5, 5.41) is 5.47. The van der Waals surface area contributed by atoms with E-state index in [9.17, 15) is 14.0 Å². The molecule has 0 aliphatic rings. The number of aryl methyl sites for hydroxylation is 1. The van der Waals surface area contributed by atoms with E-state index in [2.05, 4.69) is 15.6 Å². The van der Waals surface area contributed by atoms with E-state index in [1.165, 1.54) is 18.2 Å². The SMILES string of the molecule is Cc1ccccc1NC(=O)c1ncoc1-c1ccccc1C(=O)Nc1cccc(F)c1. The molecule has 0 unspecified atom stereocenters. The predicted octanol–water partition coefficient (Wildman–Crippen LogP) is 5.29. The fraction of sp³-hybridized carbons (Fsp3) is 0.0417. The number of hydrogen-bond donors (Lipinski definition) is 2. The number of oxazole rings is 1. The van der Waals surface area contributed by atoms with Crippen LogP contribution in [0.3, 0.4) is 0 Å². The van der Waals surface area contributed by atoms with Crippen molar-refractivity contribution >= 4 is 23.2 Å². The Morgan fingerprint density at radius 1 is 0.903 bits per heavy atom. The van der Waals surface area contributed by atoms with E-state index in [-0.39, 0.29) is 17.0 Å². The average Bonchev–Trinajstić information content (AvgIpc) is 3.25. The predicted molar refractivity (Wildman–Crippen MR) is 115 cm³/mol. The summed E-state index contributed by atoms with van der Waals surface area (Å²) in [6.45, 7) is 1.88. The molecule has 0 saturated heterocycles. The number of para-hydroxylation sites is 1. The topological polar surface area (TPSA) is 84.2 Å². The lowest BCUT2D eigenvalue weighted by atomic mass is 10.0. The van der Waals surface area contributed by atoms with Crippen LogP contribution in [0.1, 0.15) is 26.4 Å². The van der Waals surface area contributed by atoms with Gasteiger partial charge < -0.3 is 15.1 Å². The normalized spacial score (nSPS) is 10.5. The number of aromatic nitrogens is 1. The van der Waals surface area contributed by atoms with Crippen molar-refractivity contribution in [3.05, 3.63) is 102 Å². The molecule has 0 atom stereocenters. The quantitative estimate of drug-likeness (QED) is 0.464. The zero-order valence-corrected chi connectivity index (χ0v) is 16.6. The third kappa shape index (κ3) is 4.35. The minimum Gasteiger partial charge on any atom is -0.443 e. The summed E-state index contributed by atoms with van der Waals surface area (Å²) >= 11 is 0. The average molecular weight is 415 g/mol. The number of carbonyl (C=O) groups excluding carboxylic acids is 2. The molecule has 1 heterocycles. The van der Waals surface area contributed by atoms with Gasteiger partial charge in [0.2, 0.25) is 0 Å². The smallest absolute Gasteiger partial charge is 0.278 e. The van der Waals surface area contributed by atoms with Gasteiger partial charge in [0.1, 0.15) is 5.82 Å². The van der Waals surface area contributed by atoms with E-state index in [4.69, 9.17) is 4.42 Å². The largest absolute Gasteiger partial charge is 0.443 e. The number of benzene rings is 3. The Kier molecular flexibility index (Phi) is 5.57. The molecule has 0 spiro atoms. The minimum atomic E-state index is -0.470. The summed E-state index contributed by atoms with van der Waals surface area (Å²) in [5.41, 5.74) is 2.57. The molecular formula is C24H18FN3O3. The summed E-state index contributed by atoms with van der Waals surface area (Å²) in [7, 11) is 0. The molecule has 4 rings (SSSR count). The second-order valence-corrected chi connectivity index (χ2v) is 6.81. The lowest BCUT2D eigenvalue weighted by Gasteiger charge is -2.10. The summed E-state index contributed by atoms with van der Waals surface area (Å²) < 4.78 is 18.9. The number of amides is 2. The first-order chi connectivity index (χ1) is 15.0. The van der Waals surface area contributed by atoms with Gasteiger partial charge >= 0.3 is 0 Å². The zero-order chi connectivity index (χ0) is 21.8. The first-order valence-electron chi connectivity index (χ1n) is 9.49. The molecule has 31 heavy (non-hydrogen) atoms. The highest BCUT2D eigenvalue weighted by Crippen LogP contribution is 2.28. The van der Waals surface area contributed by atoms with Crippen molar-refractivity contribution in [2.45, 2.75) is 6.92 Å². The molecule has 6 nitrogen and oxygen atoms in total. The third-order valence-corrected chi connectivity index (χ3v) is 4.67. The van der Waals surface area contributed by atoms with Gasteiger partial charge in [-0.1, -0.05) is 42.5 Å². The van der Waals surface area contributed by atoms with E-state index in [0.717, 1.165) is 12.0 Å². The van der Waals surface area contributed by atoms with Crippen LogP contribution in [0.15, 0.2) is 83.6 Å². The van der Waals surface area contributed by atoms with Gasteiger partial charge in [-0.25, -0.2) is 9.37 Å². The van der Waals surface area contributed by atoms with Crippen molar-refractivity contribution in [3.63, 3.8) is 0 Å². The Morgan fingerprint density at radius 2 is 1.68 bits per heavy atom. The maximum Gasteiger partial charge on any atom is 0.278 e. The number of nitrogens with one attached hydrogen (secondary N) is 2. The summed E-state index contributed by atoms with van der Waals surface area (Å²) in [5.74, 6) is -1.23. The van der Waals surface area contributed by atoms with Gasteiger partial charge in [0.15, 0.2) is 17.8 Å². The Bertz CT molecular complexity index is 1270. The number of halogens is 1. The molecule has 0 aliphatic heterocycles. The number of carbonyl (C=O) groups is 2. The molecule has 4 aromatic rings. The van der Waals surface area contributed by atoms with Crippen LogP contribution in [-0.2, 0) is 0 Å². The van der Waals surface area contributed by atoms with Gasteiger partial charge in [0.05, 0.1) is 5.56 Å². The van der Waals surface area contributed by atoms with Gasteiger partial charge in [-0.15, -0.1) is 0 Å². The molecule has 0 radical (unpaired) electrons. The van der Waals surface area contributed by atoms with E-state index >= 15 is 0 Å². The molecule has 2 amide bonds. The Labute approximate surface area is 177 Å². The molecule has 0 fully saturated rings. The first-order valence-corrected chi connectivity index (χ1v) is 9.49. The maximum atomic E-state index is 13.5. The second-order valence-electron chi connectivity index (χ2n) is 6.81. The van der Waals surface area contributed by atoms with Crippen LogP contribution in [0.25, 0.3) is 11.3 Å². The van der Waals surface area contributed by atoms with Crippen LogP contribution < -0.4 is 10.6 Å². The van der Waals surface area contributed by atoms with Crippen LogP contribution >= 0.6 is 0 Å².